The van der Waals surface area contributed by atoms with Crippen LogP contribution in [0.1, 0.15) is 27.4 Å². The summed E-state index contributed by atoms with van der Waals surface area (Å²) in [4.78, 5) is 25.8. The average molecular weight is 356 g/mol. The number of para-hydroxylation sites is 1. The van der Waals surface area contributed by atoms with Crippen LogP contribution in [0.3, 0.4) is 0 Å². The summed E-state index contributed by atoms with van der Waals surface area (Å²) in [6.45, 7) is 3.56. The maximum atomic E-state index is 12.7. The summed E-state index contributed by atoms with van der Waals surface area (Å²) < 4.78 is 10.2. The van der Waals surface area contributed by atoms with Gasteiger partial charge in [-0.15, -0.1) is 0 Å². The third-order valence-corrected chi connectivity index (χ3v) is 4.15. The molecule has 0 spiro atoms. The lowest BCUT2D eigenvalue weighted by molar-refractivity contribution is -0.113. The number of carbonyl (C=O) groups is 2. The average Bonchev–Trinajstić information content (AvgIpc) is 3.08. The first-order valence-electron chi connectivity index (χ1n) is 7.54. The first-order chi connectivity index (χ1) is 11.9. The zero-order valence-electron chi connectivity index (χ0n) is 14.0. The number of methoxy groups -OCH3 is 1. The Hall–Kier alpha value is -2.93. The van der Waals surface area contributed by atoms with Crippen molar-refractivity contribution in [3.63, 3.8) is 0 Å². The van der Waals surface area contributed by atoms with Crippen molar-refractivity contribution in [1.29, 1.82) is 0 Å². The number of ether oxygens (including phenoxy) is 1. The van der Waals surface area contributed by atoms with Gasteiger partial charge in [0.1, 0.15) is 22.8 Å². The third kappa shape index (κ3) is 3.06. The Kier molecular flexibility index (Phi) is 4.41. The van der Waals surface area contributed by atoms with Crippen LogP contribution in [0.2, 0.25) is 0 Å². The number of aryl methyl sites for hydroxylation is 2. The summed E-state index contributed by atoms with van der Waals surface area (Å²) in [5, 5.41) is 3.19. The van der Waals surface area contributed by atoms with Crippen LogP contribution in [0.25, 0.3) is 6.08 Å². The molecule has 0 bridgehead atoms. The summed E-state index contributed by atoms with van der Waals surface area (Å²) in [7, 11) is 1.30. The molecule has 1 N–H and O–H groups in total. The molecule has 0 atom stereocenters. The van der Waals surface area contributed by atoms with Gasteiger partial charge >= 0.3 is 5.97 Å². The number of benzene rings is 1. The Morgan fingerprint density at radius 3 is 2.72 bits per heavy atom. The highest BCUT2D eigenvalue weighted by Crippen LogP contribution is 2.26. The largest absolute Gasteiger partial charge is 0.465 e. The number of furan rings is 1. The number of anilines is 1. The van der Waals surface area contributed by atoms with E-state index in [0.29, 0.717) is 22.2 Å². The van der Waals surface area contributed by atoms with Crippen molar-refractivity contribution < 1.29 is 18.7 Å². The SMILES string of the molecule is COC(=O)c1cc(C=C2NC(=S)N(c3ccccc3C)C2=O)oc1C. The van der Waals surface area contributed by atoms with Gasteiger partial charge in [0.25, 0.3) is 5.91 Å². The molecule has 1 aromatic carbocycles. The van der Waals surface area contributed by atoms with E-state index in [0.717, 1.165) is 11.3 Å². The zero-order chi connectivity index (χ0) is 18.1. The molecular weight excluding hydrogens is 340 g/mol. The lowest BCUT2D eigenvalue weighted by Crippen LogP contribution is -2.30. The van der Waals surface area contributed by atoms with E-state index in [-0.39, 0.29) is 11.6 Å². The predicted molar refractivity (Wildman–Crippen MR) is 97.2 cm³/mol. The minimum absolute atomic E-state index is 0.276. The van der Waals surface area contributed by atoms with E-state index in [1.165, 1.54) is 24.2 Å². The predicted octanol–water partition coefficient (Wildman–Crippen LogP) is 2.95. The number of hydrogen-bond acceptors (Lipinski definition) is 5. The number of amides is 1. The maximum absolute atomic E-state index is 12.7. The summed E-state index contributed by atoms with van der Waals surface area (Å²) in [5.74, 6) is 0.00676. The maximum Gasteiger partial charge on any atom is 0.341 e. The molecule has 6 nitrogen and oxygen atoms in total. The topological polar surface area (TPSA) is 71.8 Å². The third-order valence-electron chi connectivity index (χ3n) is 3.86. The van der Waals surface area contributed by atoms with Crippen molar-refractivity contribution in [2.24, 2.45) is 0 Å². The van der Waals surface area contributed by atoms with Crippen LogP contribution in [0.4, 0.5) is 5.69 Å². The Morgan fingerprint density at radius 1 is 1.32 bits per heavy atom. The summed E-state index contributed by atoms with van der Waals surface area (Å²) >= 11 is 5.29. The highest BCUT2D eigenvalue weighted by atomic mass is 32.1. The van der Waals surface area contributed by atoms with E-state index in [1.807, 2.05) is 31.2 Å². The number of rotatable bonds is 3. The quantitative estimate of drug-likeness (QED) is 0.518. The number of hydrogen-bond donors (Lipinski definition) is 1. The summed E-state index contributed by atoms with van der Waals surface area (Å²) in [6.07, 6.45) is 1.52. The van der Waals surface area contributed by atoms with Crippen LogP contribution in [0.15, 0.2) is 40.4 Å². The van der Waals surface area contributed by atoms with Gasteiger partial charge in [-0.05, 0) is 43.8 Å². The van der Waals surface area contributed by atoms with Crippen LogP contribution >= 0.6 is 12.2 Å². The van der Waals surface area contributed by atoms with Gasteiger partial charge in [0.05, 0.1) is 12.8 Å². The minimum Gasteiger partial charge on any atom is -0.465 e. The fourth-order valence-corrected chi connectivity index (χ4v) is 2.89. The van der Waals surface area contributed by atoms with Gasteiger partial charge in [-0.1, -0.05) is 18.2 Å². The number of carbonyl (C=O) groups excluding carboxylic acids is 2. The van der Waals surface area contributed by atoms with Crippen LogP contribution in [-0.4, -0.2) is 24.1 Å². The molecule has 0 saturated carbocycles. The van der Waals surface area contributed by atoms with E-state index in [1.54, 1.807) is 6.92 Å². The Bertz CT molecular complexity index is 914. The highest BCUT2D eigenvalue weighted by Gasteiger charge is 2.33. The van der Waals surface area contributed by atoms with E-state index < -0.39 is 5.97 Å². The van der Waals surface area contributed by atoms with E-state index in [9.17, 15) is 9.59 Å². The molecule has 2 aromatic rings. The van der Waals surface area contributed by atoms with Crippen molar-refractivity contribution in [1.82, 2.24) is 5.32 Å². The van der Waals surface area contributed by atoms with Crippen LogP contribution < -0.4 is 10.2 Å². The molecule has 0 unspecified atom stereocenters. The molecule has 2 heterocycles. The van der Waals surface area contributed by atoms with Gasteiger partial charge in [-0.25, -0.2) is 4.79 Å². The first-order valence-corrected chi connectivity index (χ1v) is 7.94. The van der Waals surface area contributed by atoms with Crippen molar-refractivity contribution >= 4 is 41.0 Å². The van der Waals surface area contributed by atoms with Gasteiger partial charge < -0.3 is 14.5 Å². The normalized spacial score (nSPS) is 15.6. The summed E-state index contributed by atoms with van der Waals surface area (Å²) in [5.41, 5.74) is 2.25. The fraction of sp³-hybridized carbons (Fsp3) is 0.167. The molecule has 25 heavy (non-hydrogen) atoms. The lowest BCUT2D eigenvalue weighted by atomic mass is 10.2. The van der Waals surface area contributed by atoms with Crippen molar-refractivity contribution in [3.05, 3.63) is 58.7 Å². The minimum atomic E-state index is -0.492. The molecule has 0 radical (unpaired) electrons. The van der Waals surface area contributed by atoms with Crippen LogP contribution in [0, 0.1) is 13.8 Å². The number of esters is 1. The van der Waals surface area contributed by atoms with Crippen molar-refractivity contribution in [2.75, 3.05) is 12.0 Å². The second kappa shape index (κ2) is 6.52. The second-order valence-corrected chi connectivity index (χ2v) is 5.91. The van der Waals surface area contributed by atoms with Crippen LogP contribution in [-0.2, 0) is 9.53 Å². The Morgan fingerprint density at radius 2 is 2.04 bits per heavy atom. The fourth-order valence-electron chi connectivity index (χ4n) is 2.60. The molecule has 1 saturated heterocycles. The Labute approximate surface area is 150 Å². The Balaban J connectivity index is 1.94. The molecule has 3 rings (SSSR count). The van der Waals surface area contributed by atoms with E-state index in [4.69, 9.17) is 21.4 Å². The summed E-state index contributed by atoms with van der Waals surface area (Å²) in [6, 6.07) is 9.01. The van der Waals surface area contributed by atoms with Gasteiger partial charge in [-0.3, -0.25) is 9.69 Å². The van der Waals surface area contributed by atoms with Gasteiger partial charge in [-0.2, -0.15) is 0 Å². The monoisotopic (exact) mass is 356 g/mol. The van der Waals surface area contributed by atoms with Gasteiger partial charge in [0, 0.05) is 6.08 Å². The number of nitrogens with zero attached hydrogens (tertiary/aromatic N) is 1. The second-order valence-electron chi connectivity index (χ2n) is 5.53. The van der Waals surface area contributed by atoms with E-state index >= 15 is 0 Å². The molecular formula is C18H16N2O4S. The highest BCUT2D eigenvalue weighted by molar-refractivity contribution is 7.80. The molecule has 1 aromatic heterocycles. The van der Waals surface area contributed by atoms with E-state index in [2.05, 4.69) is 5.32 Å². The zero-order valence-corrected chi connectivity index (χ0v) is 14.8. The molecule has 1 fully saturated rings. The number of thiocarbonyl (C=S) groups is 1. The molecule has 7 heteroatoms. The van der Waals surface area contributed by atoms with Gasteiger partial charge in [0.15, 0.2) is 5.11 Å². The molecule has 1 aliphatic rings. The van der Waals surface area contributed by atoms with Gasteiger partial charge in [0.2, 0.25) is 0 Å². The molecule has 128 valence electrons. The van der Waals surface area contributed by atoms with Crippen molar-refractivity contribution in [3.8, 4) is 0 Å². The number of nitrogens with one attached hydrogen (secondary N) is 1. The lowest BCUT2D eigenvalue weighted by Gasteiger charge is -2.16. The smallest absolute Gasteiger partial charge is 0.341 e. The standard InChI is InChI=1S/C18H16N2O4S/c1-10-6-4-5-7-15(10)20-16(21)14(19-18(20)25)9-12-8-13(11(2)24-12)17(22)23-3/h4-9H,1-3H3,(H,19,25). The molecule has 1 amide bonds. The molecule has 0 aliphatic carbocycles. The van der Waals surface area contributed by atoms with Crippen molar-refractivity contribution in [2.45, 2.75) is 13.8 Å². The van der Waals surface area contributed by atoms with Crippen LogP contribution in [0.5, 0.6) is 0 Å². The molecule has 1 aliphatic heterocycles. The first kappa shape index (κ1) is 16.9.